The number of ether oxygens (including phenoxy) is 2. The predicted octanol–water partition coefficient (Wildman–Crippen LogP) is 5.42. The van der Waals surface area contributed by atoms with Crippen LogP contribution in [0.3, 0.4) is 0 Å². The van der Waals surface area contributed by atoms with Crippen molar-refractivity contribution in [2.75, 3.05) is 12.1 Å². The fraction of sp³-hybridized carbons (Fsp3) is 0.0526. The van der Waals surface area contributed by atoms with Gasteiger partial charge in [-0.15, -0.1) is 11.3 Å². The smallest absolute Gasteiger partial charge is 0.231 e. The van der Waals surface area contributed by atoms with E-state index in [0.717, 1.165) is 11.3 Å². The lowest BCUT2D eigenvalue weighted by molar-refractivity contribution is 0.174. The third kappa shape index (κ3) is 3.65. The molecule has 2 aromatic carbocycles. The zero-order valence-corrected chi connectivity index (χ0v) is 16.1. The fourth-order valence-corrected chi connectivity index (χ4v) is 3.61. The van der Waals surface area contributed by atoms with Crippen molar-refractivity contribution in [2.45, 2.75) is 0 Å². The number of hydrogen-bond acceptors (Lipinski definition) is 6. The molecule has 0 fully saturated rings. The van der Waals surface area contributed by atoms with Crippen molar-refractivity contribution in [3.8, 4) is 28.8 Å². The first kappa shape index (κ1) is 17.5. The normalized spacial score (nSPS) is 12.7. The summed E-state index contributed by atoms with van der Waals surface area (Å²) in [4.78, 5) is 4.52. The maximum Gasteiger partial charge on any atom is 0.231 e. The van der Waals surface area contributed by atoms with Gasteiger partial charge in [0.15, 0.2) is 11.5 Å². The first-order valence-corrected chi connectivity index (χ1v) is 9.49. The summed E-state index contributed by atoms with van der Waals surface area (Å²) in [5.41, 5.74) is 2.18. The molecule has 0 saturated heterocycles. The molecule has 0 spiro atoms. The zero-order valence-electron chi connectivity index (χ0n) is 13.7. The Morgan fingerprint density at radius 2 is 2.11 bits per heavy atom. The minimum Gasteiger partial charge on any atom is -0.454 e. The van der Waals surface area contributed by atoms with E-state index >= 15 is 0 Å². The average molecular weight is 444 g/mol. The van der Waals surface area contributed by atoms with Crippen LogP contribution < -0.4 is 14.8 Å². The van der Waals surface area contributed by atoms with E-state index in [2.05, 4.69) is 32.3 Å². The van der Waals surface area contributed by atoms with E-state index in [9.17, 15) is 9.65 Å². The molecule has 4 rings (SSSR count). The van der Waals surface area contributed by atoms with Crippen molar-refractivity contribution in [1.82, 2.24) is 4.98 Å². The van der Waals surface area contributed by atoms with Gasteiger partial charge in [-0.25, -0.2) is 9.37 Å². The third-order valence-electron chi connectivity index (χ3n) is 3.83. The van der Waals surface area contributed by atoms with Crippen molar-refractivity contribution < 1.29 is 13.9 Å². The Balaban J connectivity index is 1.58. The van der Waals surface area contributed by atoms with Gasteiger partial charge in [-0.1, -0.05) is 15.9 Å². The molecule has 134 valence electrons. The molecule has 0 atom stereocenters. The highest BCUT2D eigenvalue weighted by Crippen LogP contribution is 2.36. The Morgan fingerprint density at radius 1 is 1.26 bits per heavy atom. The number of fused-ring (bicyclic) bond motifs is 1. The van der Waals surface area contributed by atoms with E-state index in [0.29, 0.717) is 26.6 Å². The number of hydrogen-bond donors (Lipinski definition) is 1. The van der Waals surface area contributed by atoms with Crippen LogP contribution in [0.4, 0.5) is 10.1 Å². The van der Waals surface area contributed by atoms with Gasteiger partial charge < -0.3 is 14.8 Å². The molecule has 1 aromatic heterocycles. The highest BCUT2D eigenvalue weighted by molar-refractivity contribution is 9.10. The van der Waals surface area contributed by atoms with E-state index < -0.39 is 5.82 Å². The lowest BCUT2D eigenvalue weighted by atomic mass is 10.1. The molecule has 0 aliphatic carbocycles. The lowest BCUT2D eigenvalue weighted by Gasteiger charge is -2.03. The molecular formula is C19H11BrFN3O2S. The van der Waals surface area contributed by atoms with E-state index in [1.165, 1.54) is 23.6 Å². The van der Waals surface area contributed by atoms with Crippen LogP contribution in [0.25, 0.3) is 16.8 Å². The topological polar surface area (TPSA) is 67.2 Å². The highest BCUT2D eigenvalue weighted by Gasteiger charge is 2.16. The zero-order chi connectivity index (χ0) is 18.8. The molecule has 0 saturated carbocycles. The molecule has 1 aliphatic heterocycles. The molecule has 5 nitrogen and oxygen atoms in total. The predicted molar refractivity (Wildman–Crippen MR) is 105 cm³/mol. The summed E-state index contributed by atoms with van der Waals surface area (Å²) in [6.45, 7) is 0.209. The molecule has 27 heavy (non-hydrogen) atoms. The fourth-order valence-electron chi connectivity index (χ4n) is 2.48. The summed E-state index contributed by atoms with van der Waals surface area (Å²) in [5.74, 6) is 0.955. The Kier molecular flexibility index (Phi) is 4.79. The molecule has 0 bridgehead atoms. The summed E-state index contributed by atoms with van der Waals surface area (Å²) >= 11 is 4.55. The van der Waals surface area contributed by atoms with E-state index in [1.807, 2.05) is 23.6 Å². The van der Waals surface area contributed by atoms with Crippen LogP contribution in [0, 0.1) is 17.1 Å². The summed E-state index contributed by atoms with van der Waals surface area (Å²) < 4.78 is 25.2. The molecule has 3 aromatic rings. The van der Waals surface area contributed by atoms with Crippen LogP contribution in [0.15, 0.2) is 52.5 Å². The Morgan fingerprint density at radius 3 is 2.93 bits per heavy atom. The van der Waals surface area contributed by atoms with Gasteiger partial charge in [0.2, 0.25) is 6.79 Å². The summed E-state index contributed by atoms with van der Waals surface area (Å²) in [6.07, 6.45) is 1.45. The van der Waals surface area contributed by atoms with Gasteiger partial charge >= 0.3 is 0 Å². The number of nitrogens with zero attached hydrogens (tertiary/aromatic N) is 2. The maximum absolute atomic E-state index is 13.9. The Bertz CT molecular complexity index is 1090. The summed E-state index contributed by atoms with van der Waals surface area (Å²) in [5, 5.41) is 14.7. The quantitative estimate of drug-likeness (QED) is 0.545. The maximum atomic E-state index is 13.9. The lowest BCUT2D eigenvalue weighted by Crippen LogP contribution is -1.94. The van der Waals surface area contributed by atoms with E-state index in [4.69, 9.17) is 9.47 Å². The molecule has 1 aliphatic rings. The summed E-state index contributed by atoms with van der Waals surface area (Å²) in [7, 11) is 0. The van der Waals surface area contributed by atoms with Gasteiger partial charge in [-0.05, 0) is 36.4 Å². The Labute approximate surface area is 166 Å². The SMILES string of the molecule is N#C/C(=C/Nc1ccc(Br)cc1F)c1nc(-c2ccc3c(c2)OCO3)cs1. The van der Waals surface area contributed by atoms with Crippen LogP contribution >= 0.6 is 27.3 Å². The number of allylic oxidation sites excluding steroid dienone is 1. The van der Waals surface area contributed by atoms with Crippen LogP contribution in [-0.2, 0) is 0 Å². The molecule has 2 heterocycles. The average Bonchev–Trinajstić information content (AvgIpc) is 3.32. The monoisotopic (exact) mass is 443 g/mol. The molecule has 0 unspecified atom stereocenters. The van der Waals surface area contributed by atoms with E-state index in [1.54, 1.807) is 12.1 Å². The standard InChI is InChI=1S/C19H11BrFN3O2S/c20-13-2-3-15(14(21)6-13)23-8-12(7-22)19-24-16(9-27-19)11-1-4-17-18(5-11)26-10-25-17/h1-6,8-9,23H,10H2/b12-8-. The van der Waals surface area contributed by atoms with E-state index in [-0.39, 0.29) is 12.5 Å². The number of benzene rings is 2. The number of nitriles is 1. The van der Waals surface area contributed by atoms with Crippen molar-refractivity contribution in [2.24, 2.45) is 0 Å². The van der Waals surface area contributed by atoms with Crippen LogP contribution in [0.1, 0.15) is 5.01 Å². The molecule has 0 amide bonds. The van der Waals surface area contributed by atoms with Gasteiger partial charge in [0.1, 0.15) is 22.5 Å². The highest BCUT2D eigenvalue weighted by atomic mass is 79.9. The van der Waals surface area contributed by atoms with Gasteiger partial charge in [-0.2, -0.15) is 5.26 Å². The van der Waals surface area contributed by atoms with Crippen molar-refractivity contribution in [1.29, 1.82) is 5.26 Å². The van der Waals surface area contributed by atoms with Crippen LogP contribution in [-0.4, -0.2) is 11.8 Å². The second-order valence-electron chi connectivity index (χ2n) is 5.54. The number of aromatic nitrogens is 1. The van der Waals surface area contributed by atoms with Crippen molar-refractivity contribution in [3.05, 3.63) is 63.3 Å². The number of thiazole rings is 1. The van der Waals surface area contributed by atoms with Gasteiger partial charge in [0.25, 0.3) is 0 Å². The van der Waals surface area contributed by atoms with Gasteiger partial charge in [-0.3, -0.25) is 0 Å². The first-order valence-electron chi connectivity index (χ1n) is 7.82. The van der Waals surface area contributed by atoms with Crippen LogP contribution in [0.2, 0.25) is 0 Å². The van der Waals surface area contributed by atoms with Gasteiger partial charge in [0, 0.05) is 21.6 Å². The second kappa shape index (κ2) is 7.39. The third-order valence-corrected chi connectivity index (χ3v) is 5.20. The molecule has 1 N–H and O–H groups in total. The molecule has 0 radical (unpaired) electrons. The first-order chi connectivity index (χ1) is 13.1. The largest absolute Gasteiger partial charge is 0.454 e. The van der Waals surface area contributed by atoms with Crippen molar-refractivity contribution in [3.63, 3.8) is 0 Å². The van der Waals surface area contributed by atoms with Crippen molar-refractivity contribution >= 4 is 38.5 Å². The minimum atomic E-state index is -0.418. The van der Waals surface area contributed by atoms with Gasteiger partial charge in [0.05, 0.1) is 11.4 Å². The number of nitrogens with one attached hydrogen (secondary N) is 1. The second-order valence-corrected chi connectivity index (χ2v) is 7.32. The number of anilines is 1. The number of rotatable bonds is 4. The minimum absolute atomic E-state index is 0.209. The number of halogens is 2. The van der Waals surface area contributed by atoms with Crippen LogP contribution in [0.5, 0.6) is 11.5 Å². The summed E-state index contributed by atoms with van der Waals surface area (Å²) in [6, 6.07) is 12.3. The molecular weight excluding hydrogens is 433 g/mol. The molecule has 8 heteroatoms. The Hall–Kier alpha value is -2.89.